The topological polar surface area (TPSA) is 32.3 Å². The minimum Gasteiger partial charge on any atom is -0.508 e. The summed E-state index contributed by atoms with van der Waals surface area (Å²) in [5.74, 6) is 0.337. The lowest BCUT2D eigenvalue weighted by Crippen LogP contribution is -2.29. The van der Waals surface area contributed by atoms with Crippen LogP contribution in [0.15, 0.2) is 24.3 Å². The molecule has 3 unspecified atom stereocenters. The van der Waals surface area contributed by atoms with Crippen LogP contribution in [0.2, 0.25) is 0 Å². The Bertz CT molecular complexity index is 352. The minimum atomic E-state index is 0.337. The third-order valence-electron chi connectivity index (χ3n) is 3.60. The smallest absolute Gasteiger partial charge is 0.115 e. The Morgan fingerprint density at radius 1 is 1.29 bits per heavy atom. The van der Waals surface area contributed by atoms with E-state index < -0.39 is 0 Å². The second kappa shape index (κ2) is 5.78. The van der Waals surface area contributed by atoms with Crippen LogP contribution in [0.25, 0.3) is 0 Å². The van der Waals surface area contributed by atoms with Gasteiger partial charge in [0, 0.05) is 17.3 Å². The van der Waals surface area contributed by atoms with Gasteiger partial charge in [-0.1, -0.05) is 12.1 Å². The van der Waals surface area contributed by atoms with E-state index in [1.807, 2.05) is 23.9 Å². The maximum atomic E-state index is 9.27. The van der Waals surface area contributed by atoms with Gasteiger partial charge in [-0.3, -0.25) is 0 Å². The normalized spacial score (nSPS) is 26.0. The van der Waals surface area contributed by atoms with Gasteiger partial charge in [-0.2, -0.15) is 11.8 Å². The highest BCUT2D eigenvalue weighted by Gasteiger charge is 2.24. The SMILES string of the molecule is CSC1CCC(NC(C)c2ccc(O)cc2)C1. The number of phenolic OH excluding ortho intramolecular Hbond substituents is 1. The lowest BCUT2D eigenvalue weighted by molar-refractivity contribution is 0.458. The zero-order chi connectivity index (χ0) is 12.3. The number of hydrogen-bond donors (Lipinski definition) is 2. The fourth-order valence-corrected chi connectivity index (χ4v) is 3.31. The Balaban J connectivity index is 1.89. The van der Waals surface area contributed by atoms with Crippen LogP contribution < -0.4 is 5.32 Å². The van der Waals surface area contributed by atoms with Crippen LogP contribution >= 0.6 is 11.8 Å². The van der Waals surface area contributed by atoms with Gasteiger partial charge in [0.1, 0.15) is 5.75 Å². The van der Waals surface area contributed by atoms with Crippen molar-refractivity contribution in [1.82, 2.24) is 5.32 Å². The summed E-state index contributed by atoms with van der Waals surface area (Å²) in [6, 6.07) is 8.51. The molecule has 2 rings (SSSR count). The molecular weight excluding hydrogens is 230 g/mol. The van der Waals surface area contributed by atoms with Crippen molar-refractivity contribution in [2.45, 2.75) is 43.5 Å². The van der Waals surface area contributed by atoms with Gasteiger partial charge in [-0.05, 0) is 50.1 Å². The summed E-state index contributed by atoms with van der Waals surface area (Å²) in [6.07, 6.45) is 6.11. The minimum absolute atomic E-state index is 0.337. The van der Waals surface area contributed by atoms with E-state index in [-0.39, 0.29) is 0 Å². The van der Waals surface area contributed by atoms with E-state index in [4.69, 9.17) is 0 Å². The summed E-state index contributed by atoms with van der Waals surface area (Å²) in [5.41, 5.74) is 1.25. The van der Waals surface area contributed by atoms with Crippen LogP contribution in [0.3, 0.4) is 0 Å². The molecule has 1 aromatic rings. The van der Waals surface area contributed by atoms with Crippen molar-refractivity contribution in [1.29, 1.82) is 0 Å². The molecule has 1 saturated carbocycles. The molecule has 0 aromatic heterocycles. The largest absolute Gasteiger partial charge is 0.508 e. The van der Waals surface area contributed by atoms with Crippen molar-refractivity contribution >= 4 is 11.8 Å². The van der Waals surface area contributed by atoms with Crippen LogP contribution in [-0.4, -0.2) is 22.7 Å². The standard InChI is InChI=1S/C14H21NOS/c1-10(11-3-6-13(16)7-4-11)15-12-5-8-14(9-12)17-2/h3-4,6-7,10,12,14-16H,5,8-9H2,1-2H3. The fourth-order valence-electron chi connectivity index (χ4n) is 2.52. The van der Waals surface area contributed by atoms with E-state index in [9.17, 15) is 5.11 Å². The Morgan fingerprint density at radius 2 is 2.00 bits per heavy atom. The molecule has 17 heavy (non-hydrogen) atoms. The number of aromatic hydroxyl groups is 1. The lowest BCUT2D eigenvalue weighted by Gasteiger charge is -2.20. The van der Waals surface area contributed by atoms with E-state index in [0.717, 1.165) is 5.25 Å². The molecular formula is C14H21NOS. The summed E-state index contributed by atoms with van der Waals surface area (Å²) in [5, 5.41) is 13.8. The van der Waals surface area contributed by atoms with Crippen molar-refractivity contribution in [3.05, 3.63) is 29.8 Å². The molecule has 2 nitrogen and oxygen atoms in total. The molecule has 1 fully saturated rings. The number of phenols is 1. The van der Waals surface area contributed by atoms with Crippen molar-refractivity contribution in [2.75, 3.05) is 6.26 Å². The van der Waals surface area contributed by atoms with Gasteiger partial charge in [-0.15, -0.1) is 0 Å². The van der Waals surface area contributed by atoms with Crippen LogP contribution in [-0.2, 0) is 0 Å². The highest BCUT2D eigenvalue weighted by atomic mass is 32.2. The van der Waals surface area contributed by atoms with E-state index in [2.05, 4.69) is 18.5 Å². The zero-order valence-electron chi connectivity index (χ0n) is 10.5. The molecule has 1 aliphatic carbocycles. The summed E-state index contributed by atoms with van der Waals surface area (Å²) >= 11 is 1.99. The molecule has 3 heteroatoms. The quantitative estimate of drug-likeness (QED) is 0.861. The first-order valence-corrected chi connectivity index (χ1v) is 7.55. The van der Waals surface area contributed by atoms with Crippen molar-refractivity contribution in [2.24, 2.45) is 0 Å². The molecule has 0 spiro atoms. The fraction of sp³-hybridized carbons (Fsp3) is 0.571. The van der Waals surface area contributed by atoms with Gasteiger partial charge in [0.05, 0.1) is 0 Å². The molecule has 0 radical (unpaired) electrons. The zero-order valence-corrected chi connectivity index (χ0v) is 11.3. The molecule has 94 valence electrons. The summed E-state index contributed by atoms with van der Waals surface area (Å²) in [7, 11) is 0. The molecule has 0 heterocycles. The highest BCUT2D eigenvalue weighted by Crippen LogP contribution is 2.29. The van der Waals surface area contributed by atoms with Gasteiger partial charge in [0.2, 0.25) is 0 Å². The predicted octanol–water partition coefficient (Wildman–Crippen LogP) is 3.33. The Labute approximate surface area is 108 Å². The van der Waals surface area contributed by atoms with Gasteiger partial charge >= 0.3 is 0 Å². The van der Waals surface area contributed by atoms with Gasteiger partial charge in [0.25, 0.3) is 0 Å². The molecule has 0 bridgehead atoms. The predicted molar refractivity (Wildman–Crippen MR) is 74.6 cm³/mol. The van der Waals surface area contributed by atoms with Gasteiger partial charge in [0.15, 0.2) is 0 Å². The van der Waals surface area contributed by atoms with Gasteiger partial charge in [-0.25, -0.2) is 0 Å². The Morgan fingerprint density at radius 3 is 2.59 bits per heavy atom. The highest BCUT2D eigenvalue weighted by molar-refractivity contribution is 7.99. The van der Waals surface area contributed by atoms with E-state index in [1.54, 1.807) is 12.1 Å². The van der Waals surface area contributed by atoms with Crippen molar-refractivity contribution in [3.63, 3.8) is 0 Å². The molecule has 1 aromatic carbocycles. The van der Waals surface area contributed by atoms with Crippen molar-refractivity contribution in [3.8, 4) is 5.75 Å². The Kier molecular flexibility index (Phi) is 4.35. The number of benzene rings is 1. The molecule has 3 atom stereocenters. The van der Waals surface area contributed by atoms with E-state index >= 15 is 0 Å². The molecule has 0 saturated heterocycles. The van der Waals surface area contributed by atoms with Gasteiger partial charge < -0.3 is 10.4 Å². The van der Waals surface area contributed by atoms with E-state index in [1.165, 1.54) is 24.8 Å². The lowest BCUT2D eigenvalue weighted by atomic mass is 10.1. The van der Waals surface area contributed by atoms with Crippen LogP contribution in [0, 0.1) is 0 Å². The number of hydrogen-bond acceptors (Lipinski definition) is 3. The third-order valence-corrected chi connectivity index (χ3v) is 4.69. The second-order valence-electron chi connectivity index (χ2n) is 4.85. The summed E-state index contributed by atoms with van der Waals surface area (Å²) < 4.78 is 0. The average molecular weight is 251 g/mol. The second-order valence-corrected chi connectivity index (χ2v) is 5.99. The average Bonchev–Trinajstić information content (AvgIpc) is 2.77. The van der Waals surface area contributed by atoms with Crippen LogP contribution in [0.1, 0.15) is 37.8 Å². The first-order valence-electron chi connectivity index (χ1n) is 6.27. The third kappa shape index (κ3) is 3.39. The molecule has 0 amide bonds. The maximum absolute atomic E-state index is 9.27. The molecule has 2 N–H and O–H groups in total. The van der Waals surface area contributed by atoms with Crippen molar-refractivity contribution < 1.29 is 5.11 Å². The molecule has 1 aliphatic rings. The summed E-state index contributed by atoms with van der Waals surface area (Å²) in [4.78, 5) is 0. The van der Waals surface area contributed by atoms with Crippen LogP contribution in [0.5, 0.6) is 5.75 Å². The first-order chi connectivity index (χ1) is 8.19. The van der Waals surface area contributed by atoms with E-state index in [0.29, 0.717) is 17.8 Å². The number of nitrogens with one attached hydrogen (secondary N) is 1. The number of thioether (sulfide) groups is 1. The number of rotatable bonds is 4. The maximum Gasteiger partial charge on any atom is 0.115 e. The van der Waals surface area contributed by atoms with Crippen LogP contribution in [0.4, 0.5) is 0 Å². The summed E-state index contributed by atoms with van der Waals surface area (Å²) in [6.45, 7) is 2.19. The first kappa shape index (κ1) is 12.8. The monoisotopic (exact) mass is 251 g/mol. The molecule has 0 aliphatic heterocycles. The Hall–Kier alpha value is -0.670.